The number of benzene rings is 3. The number of aliphatic hydroxyl groups excluding tert-OH is 1. The second-order valence-corrected chi connectivity index (χ2v) is 10.7. The Morgan fingerprint density at radius 2 is 1.42 bits per heavy atom. The summed E-state index contributed by atoms with van der Waals surface area (Å²) < 4.78 is 51.5. The number of nitrogens with zero attached hydrogens (tertiary/aromatic N) is 3. The molecule has 1 aromatic heterocycles. The molecule has 0 radical (unpaired) electrons. The van der Waals surface area contributed by atoms with Crippen molar-refractivity contribution in [1.29, 1.82) is 0 Å². The van der Waals surface area contributed by atoms with Crippen LogP contribution in [0.2, 0.25) is 0 Å². The van der Waals surface area contributed by atoms with E-state index in [-0.39, 0.29) is 13.1 Å². The topological polar surface area (TPSA) is 106 Å². The van der Waals surface area contributed by atoms with Crippen LogP contribution in [0.15, 0.2) is 72.8 Å². The van der Waals surface area contributed by atoms with E-state index < -0.39 is 27.4 Å². The van der Waals surface area contributed by atoms with Crippen LogP contribution in [0.1, 0.15) is 0 Å². The highest BCUT2D eigenvalue weighted by Crippen LogP contribution is 2.29. The first-order valence-corrected chi connectivity index (χ1v) is 13.1. The van der Waals surface area contributed by atoms with E-state index in [1.54, 1.807) is 0 Å². The van der Waals surface area contributed by atoms with Crippen LogP contribution >= 0.6 is 0 Å². The van der Waals surface area contributed by atoms with E-state index >= 15 is 0 Å². The van der Waals surface area contributed by atoms with Crippen molar-refractivity contribution in [1.82, 2.24) is 4.57 Å². The van der Waals surface area contributed by atoms with E-state index in [9.17, 15) is 22.3 Å². The molecule has 2 atom stereocenters. The highest BCUT2D eigenvalue weighted by molar-refractivity contribution is 7.92. The molecule has 174 valence electrons. The Kier molecular flexibility index (Phi) is 6.44. The predicted octanol–water partition coefficient (Wildman–Crippen LogP) is 2.85. The maximum atomic E-state index is 12.5. The first-order valence-electron chi connectivity index (χ1n) is 10.2. The SMILES string of the molecule is CN(c1ccc(N(CC(O)Cn2c3ccccc3c3ccccc32)S(C)(=O)=O)cc1)S(=O)[O-]. The van der Waals surface area contributed by atoms with E-state index in [0.29, 0.717) is 11.4 Å². The van der Waals surface area contributed by atoms with Crippen LogP contribution < -0.4 is 8.61 Å². The highest BCUT2D eigenvalue weighted by Gasteiger charge is 2.23. The van der Waals surface area contributed by atoms with Gasteiger partial charge in [0.05, 0.1) is 31.1 Å². The monoisotopic (exact) mass is 486 g/mol. The number of sulfonamides is 1. The molecule has 0 saturated heterocycles. The molecule has 4 aromatic rings. The van der Waals surface area contributed by atoms with Crippen molar-refractivity contribution in [2.24, 2.45) is 0 Å². The van der Waals surface area contributed by atoms with E-state index in [1.165, 1.54) is 31.3 Å². The number of aromatic nitrogens is 1. The summed E-state index contributed by atoms with van der Waals surface area (Å²) in [6.45, 7) is 0.0539. The van der Waals surface area contributed by atoms with Gasteiger partial charge in [0.1, 0.15) is 0 Å². The second-order valence-electron chi connectivity index (χ2n) is 7.82. The number of aliphatic hydroxyl groups is 1. The Balaban J connectivity index is 1.63. The third kappa shape index (κ3) is 4.74. The third-order valence-corrected chi connectivity index (χ3v) is 7.39. The smallest absolute Gasteiger partial charge is 0.232 e. The molecule has 10 heteroatoms. The molecule has 0 saturated carbocycles. The Morgan fingerprint density at radius 1 is 0.939 bits per heavy atom. The van der Waals surface area contributed by atoms with Gasteiger partial charge in [-0.05, 0) is 36.4 Å². The number of anilines is 2. The standard InChI is InChI=1S/C23H25N3O5S2/c1-24(32(28)29)17-11-13-18(14-12-17)26(33(2,30)31)16-19(27)15-25-22-9-5-3-7-20(22)21-8-4-6-10-23(21)25/h3-14,19,27H,15-16H2,1-2H3,(H,28,29)/p-1. The molecule has 0 aliphatic carbocycles. The van der Waals surface area contributed by atoms with Crippen molar-refractivity contribution in [2.45, 2.75) is 12.6 Å². The average molecular weight is 487 g/mol. The van der Waals surface area contributed by atoms with Crippen LogP contribution in [0.25, 0.3) is 21.8 Å². The number of hydrogen-bond acceptors (Lipinski definition) is 5. The molecule has 8 nitrogen and oxygen atoms in total. The van der Waals surface area contributed by atoms with Crippen molar-refractivity contribution in [3.63, 3.8) is 0 Å². The Labute approximate surface area is 195 Å². The molecule has 0 aliphatic rings. The van der Waals surface area contributed by atoms with Gasteiger partial charge in [0, 0.05) is 45.8 Å². The Morgan fingerprint density at radius 3 is 1.91 bits per heavy atom. The van der Waals surface area contributed by atoms with Crippen molar-refractivity contribution in [2.75, 3.05) is 28.5 Å². The van der Waals surface area contributed by atoms with Gasteiger partial charge in [0.15, 0.2) is 0 Å². The zero-order valence-corrected chi connectivity index (χ0v) is 19.8. The molecule has 0 bridgehead atoms. The first-order chi connectivity index (χ1) is 15.7. The second kappa shape index (κ2) is 9.14. The third-order valence-electron chi connectivity index (χ3n) is 5.57. The minimum absolute atomic E-state index is 0.150. The van der Waals surface area contributed by atoms with Crippen molar-refractivity contribution in [3.8, 4) is 0 Å². The van der Waals surface area contributed by atoms with Gasteiger partial charge in [-0.1, -0.05) is 36.4 Å². The summed E-state index contributed by atoms with van der Waals surface area (Å²) in [5.41, 5.74) is 2.65. The summed E-state index contributed by atoms with van der Waals surface area (Å²) in [4.78, 5) is 0. The van der Waals surface area contributed by atoms with Crippen molar-refractivity contribution in [3.05, 3.63) is 72.8 Å². The van der Waals surface area contributed by atoms with Crippen LogP contribution in [-0.4, -0.2) is 52.8 Å². The largest absolute Gasteiger partial charge is 0.755 e. The molecular weight excluding hydrogens is 462 g/mol. The minimum atomic E-state index is -3.70. The quantitative estimate of drug-likeness (QED) is 0.386. The number of hydrogen-bond donors (Lipinski definition) is 1. The van der Waals surface area contributed by atoms with E-state index in [2.05, 4.69) is 0 Å². The van der Waals surface area contributed by atoms with Gasteiger partial charge >= 0.3 is 0 Å². The van der Waals surface area contributed by atoms with Gasteiger partial charge in [-0.25, -0.2) is 8.42 Å². The van der Waals surface area contributed by atoms with Crippen LogP contribution in [0, 0.1) is 0 Å². The number of para-hydroxylation sites is 2. The summed E-state index contributed by atoms with van der Waals surface area (Å²) in [6, 6.07) is 21.9. The molecule has 0 spiro atoms. The zero-order chi connectivity index (χ0) is 23.8. The zero-order valence-electron chi connectivity index (χ0n) is 18.2. The summed E-state index contributed by atoms with van der Waals surface area (Å²) in [5.74, 6) is 0. The summed E-state index contributed by atoms with van der Waals surface area (Å²) in [5, 5.41) is 13.1. The van der Waals surface area contributed by atoms with E-state index in [0.717, 1.165) is 36.7 Å². The van der Waals surface area contributed by atoms with E-state index in [1.807, 2.05) is 53.1 Å². The van der Waals surface area contributed by atoms with Gasteiger partial charge in [0.2, 0.25) is 10.0 Å². The molecule has 4 rings (SSSR count). The van der Waals surface area contributed by atoms with Gasteiger partial charge < -0.3 is 18.5 Å². The Hall–Kier alpha value is -2.92. The summed E-state index contributed by atoms with van der Waals surface area (Å²) in [7, 11) is -2.31. The molecular formula is C23H24N3O5S2-. The fourth-order valence-electron chi connectivity index (χ4n) is 4.01. The van der Waals surface area contributed by atoms with Crippen molar-refractivity contribution >= 4 is 54.5 Å². The molecule has 0 amide bonds. The maximum Gasteiger partial charge on any atom is 0.232 e. The van der Waals surface area contributed by atoms with Crippen LogP contribution in [0.5, 0.6) is 0 Å². The normalized spacial score (nSPS) is 13.8. The molecule has 0 fully saturated rings. The van der Waals surface area contributed by atoms with E-state index in [4.69, 9.17) is 0 Å². The first kappa shape index (κ1) is 23.2. The maximum absolute atomic E-state index is 12.5. The number of fused-ring (bicyclic) bond motifs is 3. The molecule has 1 heterocycles. The predicted molar refractivity (Wildman–Crippen MR) is 131 cm³/mol. The van der Waals surface area contributed by atoms with Gasteiger partial charge in [0.25, 0.3) is 0 Å². The molecule has 2 unspecified atom stereocenters. The highest BCUT2D eigenvalue weighted by atomic mass is 32.2. The lowest BCUT2D eigenvalue weighted by Crippen LogP contribution is -2.38. The lowest BCUT2D eigenvalue weighted by molar-refractivity contribution is 0.166. The molecule has 1 N–H and O–H groups in total. The Bertz CT molecular complexity index is 1360. The van der Waals surface area contributed by atoms with Gasteiger partial charge in [-0.2, -0.15) is 0 Å². The van der Waals surface area contributed by atoms with Gasteiger partial charge in [-0.15, -0.1) is 0 Å². The fourth-order valence-corrected chi connectivity index (χ4v) is 5.25. The number of rotatable bonds is 8. The van der Waals surface area contributed by atoms with Crippen molar-refractivity contribution < 1.29 is 22.3 Å². The minimum Gasteiger partial charge on any atom is -0.755 e. The van der Waals surface area contributed by atoms with Crippen LogP contribution in [0.3, 0.4) is 0 Å². The van der Waals surface area contributed by atoms with Crippen LogP contribution in [0.4, 0.5) is 11.4 Å². The van der Waals surface area contributed by atoms with Gasteiger partial charge in [-0.3, -0.25) is 8.51 Å². The lowest BCUT2D eigenvalue weighted by Gasteiger charge is -2.27. The lowest BCUT2D eigenvalue weighted by atomic mass is 10.2. The summed E-state index contributed by atoms with van der Waals surface area (Å²) >= 11 is -2.44. The fraction of sp³-hybridized carbons (Fsp3) is 0.217. The molecule has 33 heavy (non-hydrogen) atoms. The summed E-state index contributed by atoms with van der Waals surface area (Å²) in [6.07, 6.45) is 0.0860. The average Bonchev–Trinajstić information content (AvgIpc) is 3.10. The molecule has 3 aromatic carbocycles. The van der Waals surface area contributed by atoms with Crippen LogP contribution in [-0.2, 0) is 27.8 Å². The molecule has 0 aliphatic heterocycles.